The van der Waals surface area contributed by atoms with E-state index in [0.717, 1.165) is 5.56 Å². The maximum absolute atomic E-state index is 11.3. The smallest absolute Gasteiger partial charge is 0.229 e. The molecule has 0 saturated carbocycles. The van der Waals surface area contributed by atoms with Crippen molar-refractivity contribution in [3.63, 3.8) is 0 Å². The first kappa shape index (κ1) is 14.6. The molecule has 0 atom stereocenters. The summed E-state index contributed by atoms with van der Waals surface area (Å²) >= 11 is 1.50. The van der Waals surface area contributed by atoms with Crippen molar-refractivity contribution in [1.82, 2.24) is 15.5 Å². The third-order valence-corrected chi connectivity index (χ3v) is 3.20. The van der Waals surface area contributed by atoms with E-state index >= 15 is 0 Å². The van der Waals surface area contributed by atoms with Crippen molar-refractivity contribution in [2.24, 2.45) is 0 Å². The molecule has 5 nitrogen and oxygen atoms in total. The van der Waals surface area contributed by atoms with E-state index in [9.17, 15) is 4.79 Å². The van der Waals surface area contributed by atoms with E-state index in [2.05, 4.69) is 15.5 Å². The molecule has 0 fully saturated rings. The summed E-state index contributed by atoms with van der Waals surface area (Å²) in [4.78, 5) is 15.6. The predicted molar refractivity (Wildman–Crippen MR) is 78.6 cm³/mol. The topological polar surface area (TPSA) is 68.0 Å². The van der Waals surface area contributed by atoms with E-state index in [1.54, 1.807) is 0 Å². The highest BCUT2D eigenvalue weighted by Gasteiger charge is 2.07. The molecule has 0 aliphatic heterocycles. The molecule has 0 aliphatic carbocycles. The molecular weight excluding hydrogens is 274 g/mol. The average Bonchev–Trinajstić information content (AvgIpc) is 2.88. The number of amides is 1. The minimum absolute atomic E-state index is 0.0292. The van der Waals surface area contributed by atoms with Gasteiger partial charge in [-0.15, -0.1) is 0 Å². The molecule has 0 saturated heterocycles. The zero-order valence-corrected chi connectivity index (χ0v) is 12.2. The highest BCUT2D eigenvalue weighted by atomic mass is 32.2. The Bertz CT molecular complexity index is 542. The van der Waals surface area contributed by atoms with Gasteiger partial charge in [0.1, 0.15) is 0 Å². The summed E-state index contributed by atoms with van der Waals surface area (Å²) in [5.41, 5.74) is 1.15. The molecule has 106 valence electrons. The maximum Gasteiger partial charge on any atom is 0.229 e. The van der Waals surface area contributed by atoms with E-state index in [-0.39, 0.29) is 5.91 Å². The minimum Gasteiger partial charge on any atom is -0.355 e. The van der Waals surface area contributed by atoms with Gasteiger partial charge in [0.2, 0.25) is 11.8 Å². The molecule has 20 heavy (non-hydrogen) atoms. The lowest BCUT2D eigenvalue weighted by molar-refractivity contribution is -0.118. The highest BCUT2D eigenvalue weighted by molar-refractivity contribution is 7.99. The van der Waals surface area contributed by atoms with Gasteiger partial charge in [-0.25, -0.2) is 0 Å². The first-order valence-electron chi connectivity index (χ1n) is 6.39. The largest absolute Gasteiger partial charge is 0.355 e. The van der Waals surface area contributed by atoms with Gasteiger partial charge in [0.25, 0.3) is 0 Å². The summed E-state index contributed by atoms with van der Waals surface area (Å²) in [5, 5.41) is 6.75. The summed E-state index contributed by atoms with van der Waals surface area (Å²) in [6.07, 6.45) is 3.11. The molecule has 0 aliphatic rings. The fourth-order valence-corrected chi connectivity index (χ4v) is 2.10. The van der Waals surface area contributed by atoms with E-state index in [0.29, 0.717) is 36.9 Å². The summed E-state index contributed by atoms with van der Waals surface area (Å²) in [6.45, 7) is 0.520. The monoisotopic (exact) mass is 291 g/mol. The summed E-state index contributed by atoms with van der Waals surface area (Å²) in [6, 6.07) is 10.00. The van der Waals surface area contributed by atoms with Gasteiger partial charge in [-0.05, 0) is 11.8 Å². The van der Waals surface area contributed by atoms with E-state index < -0.39 is 0 Å². The van der Waals surface area contributed by atoms with Gasteiger partial charge in [0.15, 0.2) is 5.82 Å². The van der Waals surface area contributed by atoms with Crippen LogP contribution >= 0.6 is 11.8 Å². The van der Waals surface area contributed by atoms with Crippen LogP contribution in [-0.2, 0) is 17.6 Å². The second-order valence-corrected chi connectivity index (χ2v) is 5.17. The van der Waals surface area contributed by atoms with Crippen molar-refractivity contribution in [3.8, 4) is 0 Å². The number of nitrogens with zero attached hydrogens (tertiary/aromatic N) is 2. The number of rotatable bonds is 7. The Morgan fingerprint density at radius 2 is 2.15 bits per heavy atom. The quantitative estimate of drug-likeness (QED) is 0.840. The maximum atomic E-state index is 11.3. The lowest BCUT2D eigenvalue weighted by atomic mass is 10.1. The fourth-order valence-electron chi connectivity index (χ4n) is 1.73. The van der Waals surface area contributed by atoms with Crippen LogP contribution in [0.4, 0.5) is 0 Å². The van der Waals surface area contributed by atoms with Crippen LogP contribution in [0.15, 0.2) is 34.9 Å². The Morgan fingerprint density at radius 3 is 2.90 bits per heavy atom. The van der Waals surface area contributed by atoms with Gasteiger partial charge in [-0.3, -0.25) is 4.79 Å². The van der Waals surface area contributed by atoms with Crippen LogP contribution in [0.5, 0.6) is 0 Å². The van der Waals surface area contributed by atoms with Gasteiger partial charge in [0, 0.05) is 19.4 Å². The standard InChI is InChI=1S/C14H17N3O2S/c1-20-10-13(18)15-8-7-14-16-12(17-19-14)9-11-5-3-2-4-6-11/h2-6H,7-10H2,1H3,(H,15,18). The molecule has 0 spiro atoms. The molecule has 0 radical (unpaired) electrons. The van der Waals surface area contributed by atoms with Gasteiger partial charge < -0.3 is 9.84 Å². The Labute approximate surface area is 122 Å². The van der Waals surface area contributed by atoms with Crippen LogP contribution in [0.25, 0.3) is 0 Å². The zero-order valence-electron chi connectivity index (χ0n) is 11.3. The second-order valence-electron chi connectivity index (χ2n) is 4.30. The Hall–Kier alpha value is -1.82. The Morgan fingerprint density at radius 1 is 1.35 bits per heavy atom. The van der Waals surface area contributed by atoms with Crippen LogP contribution < -0.4 is 5.32 Å². The van der Waals surface area contributed by atoms with Crippen LogP contribution in [0.3, 0.4) is 0 Å². The van der Waals surface area contributed by atoms with Crippen molar-refractivity contribution in [2.75, 3.05) is 18.6 Å². The summed E-state index contributed by atoms with van der Waals surface area (Å²) in [7, 11) is 0. The predicted octanol–water partition coefficient (Wildman–Crippen LogP) is 1.68. The molecule has 6 heteroatoms. The molecule has 1 aromatic carbocycles. The molecular formula is C14H17N3O2S. The van der Waals surface area contributed by atoms with Gasteiger partial charge >= 0.3 is 0 Å². The summed E-state index contributed by atoms with van der Waals surface area (Å²) in [5.74, 6) is 1.73. The van der Waals surface area contributed by atoms with Gasteiger partial charge in [0.05, 0.1) is 5.75 Å². The number of aromatic nitrogens is 2. The van der Waals surface area contributed by atoms with E-state index in [1.165, 1.54) is 11.8 Å². The van der Waals surface area contributed by atoms with Crippen LogP contribution in [-0.4, -0.2) is 34.6 Å². The second kappa shape index (κ2) is 7.69. The number of hydrogen-bond acceptors (Lipinski definition) is 5. The highest BCUT2D eigenvalue weighted by Crippen LogP contribution is 2.06. The third kappa shape index (κ3) is 4.70. The molecule has 0 unspecified atom stereocenters. The summed E-state index contributed by atoms with van der Waals surface area (Å²) < 4.78 is 5.16. The molecule has 1 heterocycles. The first-order chi connectivity index (χ1) is 9.78. The lowest BCUT2D eigenvalue weighted by Gasteiger charge is -2.00. The third-order valence-electron chi connectivity index (χ3n) is 2.65. The van der Waals surface area contributed by atoms with Crippen molar-refractivity contribution < 1.29 is 9.32 Å². The molecule has 2 aromatic rings. The van der Waals surface area contributed by atoms with Crippen molar-refractivity contribution in [1.29, 1.82) is 0 Å². The minimum atomic E-state index is 0.0292. The van der Waals surface area contributed by atoms with Crippen molar-refractivity contribution in [3.05, 3.63) is 47.6 Å². The first-order valence-corrected chi connectivity index (χ1v) is 7.78. The average molecular weight is 291 g/mol. The normalized spacial score (nSPS) is 10.4. The van der Waals surface area contributed by atoms with Crippen LogP contribution in [0, 0.1) is 0 Å². The number of carbonyl (C=O) groups excluding carboxylic acids is 1. The van der Waals surface area contributed by atoms with E-state index in [1.807, 2.05) is 36.6 Å². The SMILES string of the molecule is CSCC(=O)NCCc1nc(Cc2ccccc2)no1. The number of carbonyl (C=O) groups is 1. The molecule has 0 bridgehead atoms. The van der Waals surface area contributed by atoms with Crippen LogP contribution in [0.2, 0.25) is 0 Å². The number of nitrogens with one attached hydrogen (secondary N) is 1. The van der Waals surface area contributed by atoms with Crippen LogP contribution in [0.1, 0.15) is 17.3 Å². The number of hydrogen-bond donors (Lipinski definition) is 1. The van der Waals surface area contributed by atoms with Gasteiger partial charge in [-0.1, -0.05) is 35.5 Å². The van der Waals surface area contributed by atoms with E-state index in [4.69, 9.17) is 4.52 Å². The molecule has 2 rings (SSSR count). The lowest BCUT2D eigenvalue weighted by Crippen LogP contribution is -2.27. The fraction of sp³-hybridized carbons (Fsp3) is 0.357. The van der Waals surface area contributed by atoms with Crippen molar-refractivity contribution >= 4 is 17.7 Å². The van der Waals surface area contributed by atoms with Gasteiger partial charge in [-0.2, -0.15) is 16.7 Å². The zero-order chi connectivity index (χ0) is 14.2. The molecule has 1 aromatic heterocycles. The number of benzene rings is 1. The number of thioether (sulfide) groups is 1. The molecule has 1 N–H and O–H groups in total. The Balaban J connectivity index is 1.79. The molecule has 1 amide bonds. The van der Waals surface area contributed by atoms with Crippen molar-refractivity contribution in [2.45, 2.75) is 12.8 Å². The Kier molecular flexibility index (Phi) is 5.61.